The van der Waals surface area contributed by atoms with Crippen LogP contribution in [-0.2, 0) is 19.4 Å². The summed E-state index contributed by atoms with van der Waals surface area (Å²) in [7, 11) is 1.75. The average molecular weight is 543 g/mol. The summed E-state index contributed by atoms with van der Waals surface area (Å²) in [6.07, 6.45) is 6.74. The number of aryl methyl sites for hydroxylation is 1. The molecule has 3 aromatic carbocycles. The van der Waals surface area contributed by atoms with Crippen molar-refractivity contribution in [2.75, 3.05) is 44.8 Å². The molecule has 1 aliphatic carbocycles. The van der Waals surface area contributed by atoms with Crippen LogP contribution in [0, 0.1) is 5.92 Å². The molecule has 1 saturated heterocycles. The first-order chi connectivity index (χ1) is 19.5. The van der Waals surface area contributed by atoms with Crippen molar-refractivity contribution in [2.24, 2.45) is 5.92 Å². The van der Waals surface area contributed by atoms with Crippen molar-refractivity contribution >= 4 is 5.69 Å². The fourth-order valence-electron chi connectivity index (χ4n) is 6.32. The number of methoxy groups -OCH3 is 1. The number of nitrogens with zero attached hydrogens (tertiary/aromatic N) is 2. The van der Waals surface area contributed by atoms with E-state index in [0.717, 1.165) is 69.3 Å². The number of benzene rings is 3. The summed E-state index contributed by atoms with van der Waals surface area (Å²) in [6.45, 7) is 10.6. The van der Waals surface area contributed by atoms with E-state index in [1.165, 1.54) is 53.9 Å². The lowest BCUT2D eigenvalue weighted by Crippen LogP contribution is -2.35. The van der Waals surface area contributed by atoms with Crippen molar-refractivity contribution in [1.29, 1.82) is 0 Å². The number of rotatable bonds is 11. The second-order valence-corrected chi connectivity index (χ2v) is 11.8. The van der Waals surface area contributed by atoms with Crippen LogP contribution in [0.1, 0.15) is 67.7 Å². The highest BCUT2D eigenvalue weighted by Crippen LogP contribution is 2.40. The van der Waals surface area contributed by atoms with Gasteiger partial charge in [0, 0.05) is 31.4 Å². The van der Waals surface area contributed by atoms with Crippen molar-refractivity contribution in [3.05, 3.63) is 82.9 Å². The van der Waals surface area contributed by atoms with E-state index in [9.17, 15) is 5.11 Å². The molecule has 1 aliphatic heterocycles. The van der Waals surface area contributed by atoms with Crippen molar-refractivity contribution < 1.29 is 14.6 Å². The molecule has 0 aromatic heterocycles. The van der Waals surface area contributed by atoms with E-state index >= 15 is 0 Å². The zero-order chi connectivity index (χ0) is 27.9. The smallest absolute Gasteiger partial charge is 0.120 e. The van der Waals surface area contributed by atoms with Crippen LogP contribution in [0.5, 0.6) is 17.2 Å². The van der Waals surface area contributed by atoms with Crippen LogP contribution in [-0.4, -0.2) is 49.9 Å². The molecule has 0 radical (unpaired) electrons. The van der Waals surface area contributed by atoms with E-state index in [4.69, 9.17) is 9.47 Å². The van der Waals surface area contributed by atoms with Crippen LogP contribution in [0.4, 0.5) is 5.69 Å². The summed E-state index contributed by atoms with van der Waals surface area (Å²) >= 11 is 0. The Balaban J connectivity index is 1.27. The molecule has 3 aromatic rings. The van der Waals surface area contributed by atoms with Gasteiger partial charge in [0.15, 0.2) is 0 Å². The van der Waals surface area contributed by atoms with Crippen molar-refractivity contribution in [3.8, 4) is 17.2 Å². The van der Waals surface area contributed by atoms with E-state index in [0.29, 0.717) is 11.7 Å². The highest BCUT2D eigenvalue weighted by molar-refractivity contribution is 5.60. The quantitative estimate of drug-likeness (QED) is 0.278. The minimum Gasteiger partial charge on any atom is -0.508 e. The summed E-state index contributed by atoms with van der Waals surface area (Å²) < 4.78 is 11.8. The first kappa shape index (κ1) is 28.4. The Morgan fingerprint density at radius 3 is 2.45 bits per heavy atom. The molecule has 1 N–H and O–H groups in total. The largest absolute Gasteiger partial charge is 0.508 e. The third-order valence-electron chi connectivity index (χ3n) is 8.78. The normalized spacial score (nSPS) is 17.8. The van der Waals surface area contributed by atoms with Crippen LogP contribution in [0.2, 0.25) is 0 Å². The number of hydrogen-bond acceptors (Lipinski definition) is 5. The fourth-order valence-corrected chi connectivity index (χ4v) is 6.32. The van der Waals surface area contributed by atoms with Gasteiger partial charge in [0.1, 0.15) is 23.9 Å². The van der Waals surface area contributed by atoms with Crippen LogP contribution in [0.3, 0.4) is 0 Å². The molecular weight excluding hydrogens is 496 g/mol. The Labute approximate surface area is 240 Å². The molecule has 1 heterocycles. The Bertz CT molecular complexity index is 1230. The minimum atomic E-state index is 0.365. The third kappa shape index (κ3) is 7.11. The minimum absolute atomic E-state index is 0.365. The summed E-state index contributed by atoms with van der Waals surface area (Å²) in [6, 6.07) is 21.1. The molecule has 2 aliphatic rings. The van der Waals surface area contributed by atoms with Gasteiger partial charge in [-0.1, -0.05) is 38.1 Å². The molecule has 1 unspecified atom stereocenters. The molecule has 5 nitrogen and oxygen atoms in total. The lowest BCUT2D eigenvalue weighted by Gasteiger charge is -2.32. The monoisotopic (exact) mass is 542 g/mol. The van der Waals surface area contributed by atoms with Crippen molar-refractivity contribution in [2.45, 2.75) is 64.8 Å². The molecule has 214 valence electrons. The number of fused-ring (bicyclic) bond motifs is 1. The molecule has 0 saturated carbocycles. The Hall–Kier alpha value is -3.18. The molecule has 0 bridgehead atoms. The Kier molecular flexibility index (Phi) is 9.53. The van der Waals surface area contributed by atoms with E-state index in [-0.39, 0.29) is 0 Å². The van der Waals surface area contributed by atoms with Gasteiger partial charge >= 0.3 is 0 Å². The third-order valence-corrected chi connectivity index (χ3v) is 8.78. The number of piperidine rings is 1. The number of likely N-dealkylation sites (tertiary alicyclic amines) is 1. The summed E-state index contributed by atoms with van der Waals surface area (Å²) in [5, 5.41) is 9.94. The highest BCUT2D eigenvalue weighted by atomic mass is 16.5. The molecular formula is C35H46N2O3. The topological polar surface area (TPSA) is 45.2 Å². The molecule has 0 spiro atoms. The molecule has 1 fully saturated rings. The first-order valence-electron chi connectivity index (χ1n) is 15.2. The molecule has 0 amide bonds. The van der Waals surface area contributed by atoms with E-state index in [1.54, 1.807) is 7.11 Å². The maximum atomic E-state index is 9.94. The van der Waals surface area contributed by atoms with Gasteiger partial charge in [-0.15, -0.1) is 0 Å². The van der Waals surface area contributed by atoms with Crippen molar-refractivity contribution in [3.63, 3.8) is 0 Å². The van der Waals surface area contributed by atoms with E-state index in [2.05, 4.69) is 72.2 Å². The second-order valence-electron chi connectivity index (χ2n) is 11.8. The Morgan fingerprint density at radius 1 is 0.925 bits per heavy atom. The van der Waals surface area contributed by atoms with Gasteiger partial charge in [0.05, 0.1) is 7.11 Å². The number of ether oxygens (including phenoxy) is 2. The van der Waals surface area contributed by atoms with Crippen LogP contribution < -0.4 is 14.4 Å². The second kappa shape index (κ2) is 13.5. The summed E-state index contributed by atoms with van der Waals surface area (Å²) in [4.78, 5) is 5.04. The zero-order valence-electron chi connectivity index (χ0n) is 24.6. The van der Waals surface area contributed by atoms with Gasteiger partial charge < -0.3 is 19.5 Å². The van der Waals surface area contributed by atoms with E-state index < -0.39 is 0 Å². The van der Waals surface area contributed by atoms with E-state index in [1.807, 2.05) is 12.1 Å². The SMILES string of the molecule is CCCN(Cc1ccc(OCCN2CCC(C)CC2)cc1)c1cc(OC)ccc1C1CCc2cc(O)ccc2C1. The predicted molar refractivity (Wildman–Crippen MR) is 164 cm³/mol. The van der Waals surface area contributed by atoms with Crippen LogP contribution >= 0.6 is 0 Å². The molecule has 5 heteroatoms. The van der Waals surface area contributed by atoms with Gasteiger partial charge in [0.2, 0.25) is 0 Å². The van der Waals surface area contributed by atoms with Gasteiger partial charge in [-0.2, -0.15) is 0 Å². The number of anilines is 1. The first-order valence-corrected chi connectivity index (χ1v) is 15.2. The average Bonchev–Trinajstić information content (AvgIpc) is 2.98. The summed E-state index contributed by atoms with van der Waals surface area (Å²) in [5.74, 6) is 3.51. The fraction of sp³-hybridized carbons (Fsp3) is 0.486. The van der Waals surface area contributed by atoms with Gasteiger partial charge in [-0.3, -0.25) is 4.90 Å². The standard InChI is InChI=1S/C35H46N2O3/c1-4-17-37(25-27-5-11-32(12-6-27)40-21-20-36-18-15-26(2)16-19-36)35-24-33(39-3)13-14-34(35)30-8-7-29-23-31(38)10-9-28(29)22-30/h5-6,9-14,23-24,26,30,38H,4,7-8,15-22,25H2,1-3H3. The lowest BCUT2D eigenvalue weighted by molar-refractivity contribution is 0.160. The number of phenols is 1. The maximum Gasteiger partial charge on any atom is 0.120 e. The highest BCUT2D eigenvalue weighted by Gasteiger charge is 2.25. The van der Waals surface area contributed by atoms with Gasteiger partial charge in [-0.05, 0) is 116 Å². The zero-order valence-corrected chi connectivity index (χ0v) is 24.6. The number of hydrogen-bond donors (Lipinski definition) is 1. The van der Waals surface area contributed by atoms with Gasteiger partial charge in [0.25, 0.3) is 0 Å². The predicted octanol–water partition coefficient (Wildman–Crippen LogP) is 7.20. The Morgan fingerprint density at radius 2 is 1.70 bits per heavy atom. The van der Waals surface area contributed by atoms with Crippen LogP contribution in [0.15, 0.2) is 60.7 Å². The van der Waals surface area contributed by atoms with Gasteiger partial charge in [-0.25, -0.2) is 0 Å². The maximum absolute atomic E-state index is 9.94. The van der Waals surface area contributed by atoms with Crippen molar-refractivity contribution in [1.82, 2.24) is 4.90 Å². The number of aromatic hydroxyl groups is 1. The summed E-state index contributed by atoms with van der Waals surface area (Å²) in [5.41, 5.74) is 6.57. The lowest BCUT2D eigenvalue weighted by atomic mass is 9.79. The molecule has 40 heavy (non-hydrogen) atoms. The molecule has 5 rings (SSSR count). The van der Waals surface area contributed by atoms with Crippen LogP contribution in [0.25, 0.3) is 0 Å². The number of phenolic OH excluding ortho intramolecular Hbond substituents is 1. The molecule has 1 atom stereocenters.